The quantitative estimate of drug-likeness (QED) is 0.664. The average Bonchev–Trinajstić information content (AvgIpc) is 3.14. The largest absolute Gasteiger partial charge is 0.332 e. The van der Waals surface area contributed by atoms with Gasteiger partial charge in [0.1, 0.15) is 6.33 Å². The van der Waals surface area contributed by atoms with Gasteiger partial charge < -0.3 is 5.32 Å². The molecule has 4 saturated carbocycles. The Labute approximate surface area is 193 Å². The van der Waals surface area contributed by atoms with Gasteiger partial charge >= 0.3 is 6.03 Å². The highest BCUT2D eigenvalue weighted by molar-refractivity contribution is 8.00. The third-order valence-electron chi connectivity index (χ3n) is 7.43. The van der Waals surface area contributed by atoms with E-state index in [0.717, 1.165) is 48.3 Å². The molecule has 1 heterocycles. The third-order valence-corrected chi connectivity index (χ3v) is 8.49. The first kappa shape index (κ1) is 21.5. The summed E-state index contributed by atoms with van der Waals surface area (Å²) in [6.07, 6.45) is 8.78. The summed E-state index contributed by atoms with van der Waals surface area (Å²) in [5, 5.41) is 14.2. The first-order valence-electron chi connectivity index (χ1n) is 11.6. The lowest BCUT2D eigenvalue weighted by atomic mass is 9.53. The van der Waals surface area contributed by atoms with Gasteiger partial charge in [0, 0.05) is 5.54 Å². The number of hydrogen-bond donors (Lipinski definition) is 2. The molecule has 8 heteroatoms. The predicted molar refractivity (Wildman–Crippen MR) is 124 cm³/mol. The highest BCUT2D eigenvalue weighted by Crippen LogP contribution is 2.55. The molecule has 1 aromatic heterocycles. The fourth-order valence-corrected chi connectivity index (χ4v) is 7.34. The summed E-state index contributed by atoms with van der Waals surface area (Å²) in [5.41, 5.74) is 3.17. The first-order chi connectivity index (χ1) is 15.3. The van der Waals surface area contributed by atoms with Crippen LogP contribution in [0.2, 0.25) is 0 Å². The van der Waals surface area contributed by atoms with Crippen LogP contribution in [0.15, 0.2) is 29.7 Å². The predicted octanol–water partition coefficient (Wildman–Crippen LogP) is 4.16. The second kappa shape index (κ2) is 8.21. The van der Waals surface area contributed by atoms with Crippen molar-refractivity contribution in [3.8, 4) is 5.69 Å². The molecule has 7 nitrogen and oxygen atoms in total. The van der Waals surface area contributed by atoms with Crippen molar-refractivity contribution in [2.75, 3.05) is 0 Å². The van der Waals surface area contributed by atoms with Gasteiger partial charge in [-0.15, -0.1) is 10.2 Å². The van der Waals surface area contributed by atoms with E-state index in [-0.39, 0.29) is 17.5 Å². The molecule has 4 aliphatic rings. The van der Waals surface area contributed by atoms with E-state index >= 15 is 0 Å². The Morgan fingerprint density at radius 1 is 1.12 bits per heavy atom. The van der Waals surface area contributed by atoms with Crippen molar-refractivity contribution in [2.24, 2.45) is 17.8 Å². The fraction of sp³-hybridized carbons (Fsp3) is 0.583. The molecule has 0 spiro atoms. The minimum atomic E-state index is -0.481. The van der Waals surface area contributed by atoms with Gasteiger partial charge in [0.25, 0.3) is 0 Å². The van der Waals surface area contributed by atoms with Gasteiger partial charge in [0.2, 0.25) is 5.91 Å². The van der Waals surface area contributed by atoms with Crippen LogP contribution in [0.4, 0.5) is 4.79 Å². The van der Waals surface area contributed by atoms with E-state index in [9.17, 15) is 9.59 Å². The summed E-state index contributed by atoms with van der Waals surface area (Å²) in [5.74, 6) is 1.90. The molecule has 170 valence electrons. The van der Waals surface area contributed by atoms with E-state index in [1.165, 1.54) is 36.6 Å². The lowest BCUT2D eigenvalue weighted by molar-refractivity contribution is -0.119. The fourth-order valence-electron chi connectivity index (χ4n) is 6.51. The molecular formula is C24H31N5O2S. The number of carbonyl (C=O) groups is 2. The molecule has 0 saturated heterocycles. The van der Waals surface area contributed by atoms with Crippen molar-refractivity contribution in [1.29, 1.82) is 0 Å². The smallest absolute Gasteiger partial charge is 0.321 e. The van der Waals surface area contributed by atoms with Crippen molar-refractivity contribution in [2.45, 2.75) is 75.2 Å². The second-order valence-corrected chi connectivity index (χ2v) is 11.5. The molecule has 0 radical (unpaired) electrons. The van der Waals surface area contributed by atoms with Crippen LogP contribution in [0, 0.1) is 31.6 Å². The number of nitrogens with zero attached hydrogens (tertiary/aromatic N) is 3. The van der Waals surface area contributed by atoms with Gasteiger partial charge in [-0.25, -0.2) is 4.79 Å². The van der Waals surface area contributed by atoms with E-state index in [4.69, 9.17) is 0 Å². The Bertz CT molecular complexity index is 1010. The summed E-state index contributed by atoms with van der Waals surface area (Å²) in [7, 11) is 0. The van der Waals surface area contributed by atoms with Crippen molar-refractivity contribution in [3.05, 3.63) is 35.7 Å². The molecule has 1 unspecified atom stereocenters. The van der Waals surface area contributed by atoms with E-state index in [0.29, 0.717) is 5.16 Å². The summed E-state index contributed by atoms with van der Waals surface area (Å²) in [6, 6.07) is 5.82. The highest BCUT2D eigenvalue weighted by atomic mass is 32.2. The van der Waals surface area contributed by atoms with E-state index in [2.05, 4.69) is 33.8 Å². The monoisotopic (exact) mass is 453 g/mol. The lowest BCUT2D eigenvalue weighted by Crippen LogP contribution is -2.62. The zero-order chi connectivity index (χ0) is 22.5. The summed E-state index contributed by atoms with van der Waals surface area (Å²) < 4.78 is 1.89. The number of amides is 3. The summed E-state index contributed by atoms with van der Waals surface area (Å²) in [6.45, 7) is 5.89. The van der Waals surface area contributed by atoms with Crippen LogP contribution in [0.1, 0.15) is 56.6 Å². The van der Waals surface area contributed by atoms with Crippen molar-refractivity contribution in [1.82, 2.24) is 25.4 Å². The molecule has 6 rings (SSSR count). The first-order valence-corrected chi connectivity index (χ1v) is 12.5. The van der Waals surface area contributed by atoms with Crippen LogP contribution in [0.25, 0.3) is 5.69 Å². The molecule has 4 bridgehead atoms. The molecule has 3 amide bonds. The Kier molecular flexibility index (Phi) is 5.51. The number of imide groups is 1. The Balaban J connectivity index is 1.21. The molecular weight excluding hydrogens is 422 g/mol. The average molecular weight is 454 g/mol. The molecule has 0 aliphatic heterocycles. The standard InChI is InChI=1S/C24H31N5O2S/c1-14-4-5-20(15(2)6-14)29-13-25-28-23(29)32-16(3)21(30)26-22(31)27-24-10-17-7-18(11-24)9-19(8-17)12-24/h4-6,13,16-19H,7-12H2,1-3H3,(H2,26,27,30,31). The zero-order valence-electron chi connectivity index (χ0n) is 18.9. The molecule has 32 heavy (non-hydrogen) atoms. The molecule has 4 fully saturated rings. The maximum atomic E-state index is 12.8. The second-order valence-electron chi connectivity index (χ2n) is 10.2. The van der Waals surface area contributed by atoms with Crippen LogP contribution >= 0.6 is 11.8 Å². The highest BCUT2D eigenvalue weighted by Gasteiger charge is 2.51. The SMILES string of the molecule is Cc1ccc(-n2cnnc2SC(C)C(=O)NC(=O)NC23CC4CC(CC(C4)C2)C3)c(C)c1. The van der Waals surface area contributed by atoms with Gasteiger partial charge in [0.15, 0.2) is 5.16 Å². The zero-order valence-corrected chi connectivity index (χ0v) is 19.7. The topological polar surface area (TPSA) is 88.9 Å². The molecule has 1 atom stereocenters. The number of benzene rings is 1. The molecule has 4 aliphatic carbocycles. The van der Waals surface area contributed by atoms with Crippen molar-refractivity contribution < 1.29 is 9.59 Å². The van der Waals surface area contributed by atoms with Gasteiger partial charge in [-0.2, -0.15) is 0 Å². The Hall–Kier alpha value is -2.35. The van der Waals surface area contributed by atoms with Crippen LogP contribution in [0.5, 0.6) is 0 Å². The van der Waals surface area contributed by atoms with Gasteiger partial charge in [-0.3, -0.25) is 14.7 Å². The van der Waals surface area contributed by atoms with Crippen LogP contribution in [-0.4, -0.2) is 37.5 Å². The number of hydrogen-bond acceptors (Lipinski definition) is 5. The van der Waals surface area contributed by atoms with Crippen molar-refractivity contribution >= 4 is 23.7 Å². The number of carbonyl (C=O) groups excluding carboxylic acids is 2. The number of nitrogens with one attached hydrogen (secondary N) is 2. The minimum absolute atomic E-state index is 0.112. The van der Waals surface area contributed by atoms with E-state index in [1.54, 1.807) is 13.3 Å². The van der Waals surface area contributed by atoms with Crippen LogP contribution in [-0.2, 0) is 4.79 Å². The lowest BCUT2D eigenvalue weighted by Gasteiger charge is -2.56. The number of aromatic nitrogens is 3. The summed E-state index contributed by atoms with van der Waals surface area (Å²) in [4.78, 5) is 25.5. The van der Waals surface area contributed by atoms with E-state index < -0.39 is 5.25 Å². The maximum Gasteiger partial charge on any atom is 0.321 e. The Morgan fingerprint density at radius 3 is 2.41 bits per heavy atom. The number of rotatable bonds is 5. The van der Waals surface area contributed by atoms with Gasteiger partial charge in [-0.05, 0) is 88.7 Å². The molecule has 2 aromatic rings. The number of urea groups is 1. The van der Waals surface area contributed by atoms with Gasteiger partial charge in [-0.1, -0.05) is 29.5 Å². The van der Waals surface area contributed by atoms with Crippen molar-refractivity contribution in [3.63, 3.8) is 0 Å². The molecule has 2 N–H and O–H groups in total. The minimum Gasteiger partial charge on any atom is -0.332 e. The normalized spacial score (nSPS) is 29.0. The van der Waals surface area contributed by atoms with Crippen LogP contribution in [0.3, 0.4) is 0 Å². The number of aryl methyl sites for hydroxylation is 2. The van der Waals surface area contributed by atoms with Crippen LogP contribution < -0.4 is 10.6 Å². The maximum absolute atomic E-state index is 12.8. The van der Waals surface area contributed by atoms with Gasteiger partial charge in [0.05, 0.1) is 10.9 Å². The van der Waals surface area contributed by atoms with E-state index in [1.807, 2.05) is 23.6 Å². The third kappa shape index (κ3) is 4.17. The number of thioether (sulfide) groups is 1. The molecule has 1 aromatic carbocycles. The summed E-state index contributed by atoms with van der Waals surface area (Å²) >= 11 is 1.30. The Morgan fingerprint density at radius 2 is 1.78 bits per heavy atom.